The highest BCUT2D eigenvalue weighted by atomic mass is 35.5. The quantitative estimate of drug-likeness (QED) is 0.624. The molecule has 22 heavy (non-hydrogen) atoms. The number of carbonyl (C=O) groups excluding carboxylic acids is 1. The minimum atomic E-state index is -0.521. The molecule has 5 nitrogen and oxygen atoms in total. The fourth-order valence-corrected chi connectivity index (χ4v) is 2.45. The van der Waals surface area contributed by atoms with Crippen molar-refractivity contribution in [3.63, 3.8) is 0 Å². The Morgan fingerprint density at radius 1 is 1.36 bits per heavy atom. The standard InChI is InChI=1S/C16H17ClO5/c1-4-5-10-9(2)11-6-12(17)14(21-8-15(18)20-3)7-13(11)22-16(10)19/h6-7H,4-5,8H2,1-3H3. The van der Waals surface area contributed by atoms with Crippen LogP contribution in [0, 0.1) is 6.92 Å². The predicted molar refractivity (Wildman–Crippen MR) is 83.7 cm³/mol. The molecule has 0 N–H and O–H groups in total. The molecule has 1 aromatic heterocycles. The maximum atomic E-state index is 12.0. The number of ether oxygens (including phenoxy) is 2. The summed E-state index contributed by atoms with van der Waals surface area (Å²) in [7, 11) is 1.27. The monoisotopic (exact) mass is 324 g/mol. The maximum absolute atomic E-state index is 12.0. The van der Waals surface area contributed by atoms with E-state index >= 15 is 0 Å². The van der Waals surface area contributed by atoms with Gasteiger partial charge < -0.3 is 13.9 Å². The molecule has 6 heteroatoms. The van der Waals surface area contributed by atoms with Crippen molar-refractivity contribution in [3.05, 3.63) is 38.7 Å². The first kappa shape index (κ1) is 16.4. The molecule has 0 bridgehead atoms. The Morgan fingerprint density at radius 2 is 2.09 bits per heavy atom. The van der Waals surface area contributed by atoms with Crippen LogP contribution in [0.2, 0.25) is 5.02 Å². The van der Waals surface area contributed by atoms with E-state index in [-0.39, 0.29) is 18.0 Å². The summed E-state index contributed by atoms with van der Waals surface area (Å²) in [5.74, 6) is -0.252. The Bertz CT molecular complexity index is 763. The third-order valence-corrected chi connectivity index (χ3v) is 3.71. The van der Waals surface area contributed by atoms with Crippen molar-refractivity contribution in [2.45, 2.75) is 26.7 Å². The number of halogens is 1. The number of benzene rings is 1. The van der Waals surface area contributed by atoms with Crippen LogP contribution in [0.5, 0.6) is 5.75 Å². The first-order valence-electron chi connectivity index (χ1n) is 6.93. The lowest BCUT2D eigenvalue weighted by molar-refractivity contribution is -0.142. The number of hydrogen-bond donors (Lipinski definition) is 0. The summed E-state index contributed by atoms with van der Waals surface area (Å²) < 4.78 is 15.1. The zero-order valence-electron chi connectivity index (χ0n) is 12.7. The van der Waals surface area contributed by atoms with E-state index in [1.54, 1.807) is 6.07 Å². The molecule has 2 rings (SSSR count). The number of hydrogen-bond acceptors (Lipinski definition) is 5. The smallest absolute Gasteiger partial charge is 0.343 e. The Labute approximate surface area is 132 Å². The van der Waals surface area contributed by atoms with Crippen molar-refractivity contribution in [3.8, 4) is 5.75 Å². The summed E-state index contributed by atoms with van der Waals surface area (Å²) in [6, 6.07) is 3.20. The Kier molecular flexibility index (Phi) is 5.08. The van der Waals surface area contributed by atoms with Crippen molar-refractivity contribution < 1.29 is 18.7 Å². The second-order valence-corrected chi connectivity index (χ2v) is 5.29. The third-order valence-electron chi connectivity index (χ3n) is 3.41. The average molecular weight is 325 g/mol. The molecule has 0 aliphatic carbocycles. The molecule has 1 aromatic carbocycles. The molecule has 0 saturated heterocycles. The van der Waals surface area contributed by atoms with Crippen LogP contribution in [0.15, 0.2) is 21.3 Å². The van der Waals surface area contributed by atoms with Gasteiger partial charge in [-0.05, 0) is 25.0 Å². The molecular weight excluding hydrogens is 308 g/mol. The van der Waals surface area contributed by atoms with Crippen molar-refractivity contribution in [2.24, 2.45) is 0 Å². The molecule has 2 aromatic rings. The van der Waals surface area contributed by atoms with Crippen LogP contribution < -0.4 is 10.4 Å². The summed E-state index contributed by atoms with van der Waals surface area (Å²) in [5, 5.41) is 1.11. The average Bonchev–Trinajstić information content (AvgIpc) is 2.50. The second kappa shape index (κ2) is 6.83. The minimum Gasteiger partial charge on any atom is -0.480 e. The summed E-state index contributed by atoms with van der Waals surface area (Å²) >= 11 is 6.17. The van der Waals surface area contributed by atoms with Crippen LogP contribution in [0.4, 0.5) is 0 Å². The first-order valence-corrected chi connectivity index (χ1v) is 7.31. The highest BCUT2D eigenvalue weighted by molar-refractivity contribution is 6.32. The van der Waals surface area contributed by atoms with Gasteiger partial charge >= 0.3 is 11.6 Å². The number of aryl methyl sites for hydroxylation is 1. The zero-order valence-corrected chi connectivity index (χ0v) is 13.5. The van der Waals surface area contributed by atoms with Crippen molar-refractivity contribution in [1.82, 2.24) is 0 Å². The molecule has 0 fully saturated rings. The highest BCUT2D eigenvalue weighted by Gasteiger charge is 2.14. The van der Waals surface area contributed by atoms with E-state index in [1.165, 1.54) is 13.2 Å². The topological polar surface area (TPSA) is 65.7 Å². The fourth-order valence-electron chi connectivity index (χ4n) is 2.24. The van der Waals surface area contributed by atoms with Crippen LogP contribution >= 0.6 is 11.6 Å². The minimum absolute atomic E-state index is 0.265. The van der Waals surface area contributed by atoms with Gasteiger partial charge in [0, 0.05) is 17.0 Å². The zero-order chi connectivity index (χ0) is 16.3. The Balaban J connectivity index is 2.48. The van der Waals surface area contributed by atoms with E-state index in [0.717, 1.165) is 17.4 Å². The molecule has 0 radical (unpaired) electrons. The van der Waals surface area contributed by atoms with E-state index in [2.05, 4.69) is 4.74 Å². The first-order chi connectivity index (χ1) is 10.5. The highest BCUT2D eigenvalue weighted by Crippen LogP contribution is 2.32. The third kappa shape index (κ3) is 3.25. The molecule has 0 spiro atoms. The summed E-state index contributed by atoms with van der Waals surface area (Å²) in [6.45, 7) is 3.61. The van der Waals surface area contributed by atoms with E-state index in [9.17, 15) is 9.59 Å². The van der Waals surface area contributed by atoms with Gasteiger partial charge in [0.05, 0.1) is 12.1 Å². The molecule has 0 unspecified atom stereocenters. The van der Waals surface area contributed by atoms with Gasteiger partial charge in [-0.15, -0.1) is 0 Å². The summed E-state index contributed by atoms with van der Waals surface area (Å²) in [4.78, 5) is 23.2. The van der Waals surface area contributed by atoms with Gasteiger partial charge in [-0.25, -0.2) is 9.59 Å². The van der Waals surface area contributed by atoms with E-state index in [4.69, 9.17) is 20.8 Å². The van der Waals surface area contributed by atoms with Gasteiger partial charge in [-0.3, -0.25) is 0 Å². The molecule has 118 valence electrons. The van der Waals surface area contributed by atoms with Gasteiger partial charge in [-0.2, -0.15) is 0 Å². The van der Waals surface area contributed by atoms with Gasteiger partial charge in [-0.1, -0.05) is 24.9 Å². The molecule has 0 atom stereocenters. The fraction of sp³-hybridized carbons (Fsp3) is 0.375. The van der Waals surface area contributed by atoms with Crippen LogP contribution in [0.3, 0.4) is 0 Å². The number of esters is 1. The Hall–Kier alpha value is -2.01. The lowest BCUT2D eigenvalue weighted by atomic mass is 10.0. The maximum Gasteiger partial charge on any atom is 0.343 e. The second-order valence-electron chi connectivity index (χ2n) is 4.89. The molecule has 1 heterocycles. The Morgan fingerprint density at radius 3 is 2.73 bits per heavy atom. The molecule has 0 aliphatic rings. The van der Waals surface area contributed by atoms with E-state index < -0.39 is 5.97 Å². The van der Waals surface area contributed by atoms with Crippen LogP contribution in [0.25, 0.3) is 11.0 Å². The number of fused-ring (bicyclic) bond motifs is 1. The number of rotatable bonds is 5. The van der Waals surface area contributed by atoms with Gasteiger partial charge in [0.1, 0.15) is 11.3 Å². The number of carbonyl (C=O) groups is 1. The van der Waals surface area contributed by atoms with Gasteiger partial charge in [0.2, 0.25) is 0 Å². The molecule has 0 aliphatic heterocycles. The predicted octanol–water partition coefficient (Wildman–Crippen LogP) is 3.26. The van der Waals surface area contributed by atoms with Gasteiger partial charge in [0.25, 0.3) is 0 Å². The lowest BCUT2D eigenvalue weighted by Gasteiger charge is -2.11. The largest absolute Gasteiger partial charge is 0.480 e. The molecule has 0 amide bonds. The van der Waals surface area contributed by atoms with Crippen molar-refractivity contribution in [1.29, 1.82) is 0 Å². The van der Waals surface area contributed by atoms with E-state index in [1.807, 2.05) is 13.8 Å². The summed E-state index contributed by atoms with van der Waals surface area (Å²) in [5.41, 5.74) is 1.54. The normalized spacial score (nSPS) is 10.7. The molecular formula is C16H17ClO5. The van der Waals surface area contributed by atoms with Gasteiger partial charge in [0.15, 0.2) is 6.61 Å². The van der Waals surface area contributed by atoms with Crippen LogP contribution in [0.1, 0.15) is 24.5 Å². The van der Waals surface area contributed by atoms with Crippen LogP contribution in [-0.4, -0.2) is 19.7 Å². The van der Waals surface area contributed by atoms with Crippen molar-refractivity contribution >= 4 is 28.5 Å². The SMILES string of the molecule is CCCc1c(C)c2cc(Cl)c(OCC(=O)OC)cc2oc1=O. The van der Waals surface area contributed by atoms with Crippen LogP contribution in [-0.2, 0) is 16.0 Å². The molecule has 0 saturated carbocycles. The van der Waals surface area contributed by atoms with E-state index in [0.29, 0.717) is 22.6 Å². The lowest BCUT2D eigenvalue weighted by Crippen LogP contribution is -2.13. The summed E-state index contributed by atoms with van der Waals surface area (Å²) in [6.07, 6.45) is 1.51. The van der Waals surface area contributed by atoms with Crippen molar-refractivity contribution in [2.75, 3.05) is 13.7 Å². The number of methoxy groups -OCH3 is 1.